The molecule has 2 rings (SSSR count). The van der Waals surface area contributed by atoms with E-state index in [1.165, 1.54) is 6.07 Å². The summed E-state index contributed by atoms with van der Waals surface area (Å²) in [4.78, 5) is 0. The number of hydrogen-bond acceptors (Lipinski definition) is 1. The highest BCUT2D eigenvalue weighted by atomic mass is 35.5. The van der Waals surface area contributed by atoms with E-state index in [1.807, 2.05) is 18.2 Å². The molecule has 0 aromatic heterocycles. The zero-order valence-electron chi connectivity index (χ0n) is 11.2. The molecule has 1 unspecified atom stereocenters. The first-order valence-corrected chi connectivity index (χ1v) is 7.32. The summed E-state index contributed by atoms with van der Waals surface area (Å²) in [7, 11) is 0. The molecule has 0 aliphatic heterocycles. The number of benzene rings is 2. The van der Waals surface area contributed by atoms with Crippen molar-refractivity contribution in [2.24, 2.45) is 0 Å². The third-order valence-corrected chi connectivity index (χ3v) is 3.94. The molecule has 2 aromatic carbocycles. The molecule has 0 amide bonds. The van der Waals surface area contributed by atoms with E-state index in [-0.39, 0.29) is 11.9 Å². The van der Waals surface area contributed by atoms with E-state index in [2.05, 4.69) is 12.2 Å². The summed E-state index contributed by atoms with van der Waals surface area (Å²) >= 11 is 12.3. The summed E-state index contributed by atoms with van der Waals surface area (Å²) in [5, 5.41) is 4.27. The van der Waals surface area contributed by atoms with Gasteiger partial charge in [-0.1, -0.05) is 60.5 Å². The first kappa shape index (κ1) is 15.3. The number of halogens is 3. The van der Waals surface area contributed by atoms with Gasteiger partial charge in [0.1, 0.15) is 5.82 Å². The predicted molar refractivity (Wildman–Crippen MR) is 83.0 cm³/mol. The third kappa shape index (κ3) is 3.32. The van der Waals surface area contributed by atoms with Crippen LogP contribution in [0.1, 0.15) is 30.5 Å². The molecule has 1 nitrogen and oxygen atoms in total. The maximum Gasteiger partial charge on any atom is 0.128 e. The molecule has 0 spiro atoms. The molecule has 1 atom stereocenters. The number of hydrogen-bond donors (Lipinski definition) is 1. The molecular formula is C16H16Cl2FN. The average molecular weight is 312 g/mol. The predicted octanol–water partition coefficient (Wildman–Crippen LogP) is 5.22. The van der Waals surface area contributed by atoms with E-state index < -0.39 is 0 Å². The standard InChI is InChI=1S/C16H16Cl2FN/c1-2-10-20-16(11-6-3-4-9-14(11)19)12-7-5-8-13(17)15(12)18/h3-9,16,20H,2,10H2,1H3. The Kier molecular flexibility index (Phi) is 5.41. The second-order valence-corrected chi connectivity index (χ2v) is 5.34. The van der Waals surface area contributed by atoms with Crippen molar-refractivity contribution in [2.75, 3.05) is 6.54 Å². The fourth-order valence-electron chi connectivity index (χ4n) is 2.13. The quantitative estimate of drug-likeness (QED) is 0.798. The first-order valence-electron chi connectivity index (χ1n) is 6.56. The van der Waals surface area contributed by atoms with Gasteiger partial charge in [0.25, 0.3) is 0 Å². The van der Waals surface area contributed by atoms with E-state index in [4.69, 9.17) is 23.2 Å². The lowest BCUT2D eigenvalue weighted by molar-refractivity contribution is 0.547. The van der Waals surface area contributed by atoms with E-state index in [1.54, 1.807) is 18.2 Å². The van der Waals surface area contributed by atoms with Gasteiger partial charge in [0.15, 0.2) is 0 Å². The minimum Gasteiger partial charge on any atom is -0.306 e. The van der Waals surface area contributed by atoms with Crippen LogP contribution in [0.4, 0.5) is 4.39 Å². The lowest BCUT2D eigenvalue weighted by Crippen LogP contribution is -2.24. The molecule has 1 N–H and O–H groups in total. The van der Waals surface area contributed by atoms with Gasteiger partial charge < -0.3 is 5.32 Å². The third-order valence-electron chi connectivity index (χ3n) is 3.11. The van der Waals surface area contributed by atoms with Gasteiger partial charge >= 0.3 is 0 Å². The molecule has 0 heterocycles. The van der Waals surface area contributed by atoms with Crippen molar-refractivity contribution < 1.29 is 4.39 Å². The molecule has 106 valence electrons. The van der Waals surface area contributed by atoms with Gasteiger partial charge in [-0.2, -0.15) is 0 Å². The topological polar surface area (TPSA) is 12.0 Å². The second kappa shape index (κ2) is 7.07. The highest BCUT2D eigenvalue weighted by molar-refractivity contribution is 6.42. The van der Waals surface area contributed by atoms with Crippen molar-refractivity contribution in [3.05, 3.63) is 69.5 Å². The number of rotatable bonds is 5. The Hall–Kier alpha value is -1.09. The molecule has 0 saturated carbocycles. The summed E-state index contributed by atoms with van der Waals surface area (Å²) in [5.41, 5.74) is 1.36. The fourth-order valence-corrected chi connectivity index (χ4v) is 2.55. The molecule has 20 heavy (non-hydrogen) atoms. The van der Waals surface area contributed by atoms with Crippen LogP contribution in [0.3, 0.4) is 0 Å². The zero-order valence-corrected chi connectivity index (χ0v) is 12.7. The van der Waals surface area contributed by atoms with Crippen molar-refractivity contribution in [2.45, 2.75) is 19.4 Å². The summed E-state index contributed by atoms with van der Waals surface area (Å²) < 4.78 is 14.1. The normalized spacial score (nSPS) is 12.4. The van der Waals surface area contributed by atoms with Crippen molar-refractivity contribution in [3.8, 4) is 0 Å². The Labute approximate surface area is 128 Å². The number of nitrogens with one attached hydrogen (secondary N) is 1. The Balaban J connectivity index is 2.47. The Bertz CT molecular complexity index is 586. The van der Waals surface area contributed by atoms with Gasteiger partial charge in [-0.25, -0.2) is 4.39 Å². The Morgan fingerprint density at radius 2 is 1.75 bits per heavy atom. The minimum atomic E-state index is -0.303. The first-order chi connectivity index (χ1) is 9.65. The SMILES string of the molecule is CCCNC(c1ccccc1F)c1cccc(Cl)c1Cl. The van der Waals surface area contributed by atoms with Crippen LogP contribution in [0.25, 0.3) is 0 Å². The summed E-state index contributed by atoms with van der Waals surface area (Å²) in [6.07, 6.45) is 0.948. The molecule has 0 aliphatic rings. The van der Waals surface area contributed by atoms with Crippen molar-refractivity contribution in [1.82, 2.24) is 5.32 Å². The fraction of sp³-hybridized carbons (Fsp3) is 0.250. The molecule has 2 aromatic rings. The van der Waals surface area contributed by atoms with Crippen LogP contribution in [-0.4, -0.2) is 6.54 Å². The van der Waals surface area contributed by atoms with E-state index in [9.17, 15) is 4.39 Å². The van der Waals surface area contributed by atoms with Crippen LogP contribution in [0.2, 0.25) is 10.0 Å². The monoisotopic (exact) mass is 311 g/mol. The van der Waals surface area contributed by atoms with Crippen LogP contribution in [-0.2, 0) is 0 Å². The molecule has 0 bridgehead atoms. The van der Waals surface area contributed by atoms with Gasteiger partial charge in [-0.15, -0.1) is 0 Å². The lowest BCUT2D eigenvalue weighted by atomic mass is 9.98. The van der Waals surface area contributed by atoms with E-state index in [0.717, 1.165) is 18.5 Å². The van der Waals surface area contributed by atoms with Crippen LogP contribution < -0.4 is 5.32 Å². The van der Waals surface area contributed by atoms with Gasteiger partial charge in [-0.05, 0) is 30.7 Å². The molecule has 4 heteroatoms. The highest BCUT2D eigenvalue weighted by Crippen LogP contribution is 2.34. The molecular weight excluding hydrogens is 296 g/mol. The van der Waals surface area contributed by atoms with Gasteiger partial charge in [0.05, 0.1) is 16.1 Å². The smallest absolute Gasteiger partial charge is 0.128 e. The maximum absolute atomic E-state index is 14.1. The van der Waals surface area contributed by atoms with Crippen molar-refractivity contribution >= 4 is 23.2 Å². The summed E-state index contributed by atoms with van der Waals surface area (Å²) in [5.74, 6) is -0.253. The zero-order chi connectivity index (χ0) is 14.5. The van der Waals surface area contributed by atoms with Crippen LogP contribution in [0.5, 0.6) is 0 Å². The van der Waals surface area contributed by atoms with E-state index >= 15 is 0 Å². The molecule has 0 saturated heterocycles. The van der Waals surface area contributed by atoms with Crippen molar-refractivity contribution in [1.29, 1.82) is 0 Å². The molecule has 0 radical (unpaired) electrons. The van der Waals surface area contributed by atoms with Gasteiger partial charge in [0, 0.05) is 5.56 Å². The summed E-state index contributed by atoms with van der Waals surface area (Å²) in [6, 6.07) is 11.8. The average Bonchev–Trinajstić information content (AvgIpc) is 2.45. The van der Waals surface area contributed by atoms with Crippen LogP contribution >= 0.6 is 23.2 Å². The molecule has 0 fully saturated rings. The largest absolute Gasteiger partial charge is 0.306 e. The Morgan fingerprint density at radius 3 is 2.45 bits per heavy atom. The maximum atomic E-state index is 14.1. The second-order valence-electron chi connectivity index (χ2n) is 4.55. The lowest BCUT2D eigenvalue weighted by Gasteiger charge is -2.21. The van der Waals surface area contributed by atoms with Gasteiger partial charge in [0.2, 0.25) is 0 Å². The van der Waals surface area contributed by atoms with Crippen LogP contribution in [0.15, 0.2) is 42.5 Å². The summed E-state index contributed by atoms with van der Waals surface area (Å²) in [6.45, 7) is 2.83. The highest BCUT2D eigenvalue weighted by Gasteiger charge is 2.20. The van der Waals surface area contributed by atoms with E-state index in [0.29, 0.717) is 15.6 Å². The minimum absolute atomic E-state index is 0.253. The van der Waals surface area contributed by atoms with Crippen LogP contribution in [0, 0.1) is 5.82 Å². The van der Waals surface area contributed by atoms with Crippen molar-refractivity contribution in [3.63, 3.8) is 0 Å². The molecule has 0 aliphatic carbocycles. The Morgan fingerprint density at radius 1 is 1.05 bits per heavy atom. The van der Waals surface area contributed by atoms with Gasteiger partial charge in [-0.3, -0.25) is 0 Å².